The zero-order valence-corrected chi connectivity index (χ0v) is 17.7. The average molecular weight is 458 g/mol. The molecule has 2 aromatic carbocycles. The van der Waals surface area contributed by atoms with Gasteiger partial charge in [0.25, 0.3) is 0 Å². The summed E-state index contributed by atoms with van der Waals surface area (Å²) in [5.74, 6) is 2.14. The number of thioether (sulfide) groups is 1. The van der Waals surface area contributed by atoms with Crippen molar-refractivity contribution in [1.82, 2.24) is 4.31 Å². The Kier molecular flexibility index (Phi) is 6.17. The quantitative estimate of drug-likeness (QED) is 0.647. The van der Waals surface area contributed by atoms with Crippen molar-refractivity contribution in [3.63, 3.8) is 0 Å². The SMILES string of the molecule is CCOc1ccc(S(=O)(=O)N2CCSC2c2ccc(OC)c(Br)c2)cc1. The van der Waals surface area contributed by atoms with E-state index in [2.05, 4.69) is 15.9 Å². The largest absolute Gasteiger partial charge is 0.496 e. The smallest absolute Gasteiger partial charge is 0.244 e. The summed E-state index contributed by atoms with van der Waals surface area (Å²) < 4.78 is 39.3. The highest BCUT2D eigenvalue weighted by Gasteiger charge is 2.37. The van der Waals surface area contributed by atoms with Crippen LogP contribution in [-0.4, -0.2) is 38.7 Å². The Morgan fingerprint density at radius 1 is 1.23 bits per heavy atom. The van der Waals surface area contributed by atoms with Gasteiger partial charge in [0, 0.05) is 12.3 Å². The highest BCUT2D eigenvalue weighted by molar-refractivity contribution is 9.10. The van der Waals surface area contributed by atoms with Gasteiger partial charge in [-0.3, -0.25) is 0 Å². The van der Waals surface area contributed by atoms with Crippen LogP contribution in [0.3, 0.4) is 0 Å². The monoisotopic (exact) mass is 457 g/mol. The first-order chi connectivity index (χ1) is 12.5. The van der Waals surface area contributed by atoms with Crippen LogP contribution in [0.1, 0.15) is 17.9 Å². The first kappa shape index (κ1) is 19.5. The van der Waals surface area contributed by atoms with Crippen LogP contribution in [0.2, 0.25) is 0 Å². The zero-order valence-electron chi connectivity index (χ0n) is 14.5. The Balaban J connectivity index is 1.90. The third-order valence-electron chi connectivity index (χ3n) is 4.05. The second-order valence-electron chi connectivity index (χ2n) is 5.64. The van der Waals surface area contributed by atoms with Crippen molar-refractivity contribution in [2.45, 2.75) is 17.2 Å². The Morgan fingerprint density at radius 3 is 2.58 bits per heavy atom. The number of methoxy groups -OCH3 is 1. The van der Waals surface area contributed by atoms with Gasteiger partial charge in [0.15, 0.2) is 0 Å². The Bertz CT molecular complexity index is 871. The first-order valence-electron chi connectivity index (χ1n) is 8.17. The molecular formula is C18H20BrNO4S2. The number of hydrogen-bond acceptors (Lipinski definition) is 5. The van der Waals surface area contributed by atoms with E-state index in [1.54, 1.807) is 47.4 Å². The Hall–Kier alpha value is -1.22. The summed E-state index contributed by atoms with van der Waals surface area (Å²) in [5.41, 5.74) is 0.926. The first-order valence-corrected chi connectivity index (χ1v) is 11.4. The molecule has 0 radical (unpaired) electrons. The van der Waals surface area contributed by atoms with Crippen molar-refractivity contribution in [3.05, 3.63) is 52.5 Å². The number of ether oxygens (including phenoxy) is 2. The summed E-state index contributed by atoms with van der Waals surface area (Å²) in [5, 5.41) is -0.256. The van der Waals surface area contributed by atoms with Gasteiger partial charge in [-0.2, -0.15) is 4.31 Å². The molecule has 0 aliphatic carbocycles. The number of halogens is 1. The van der Waals surface area contributed by atoms with Gasteiger partial charge in [-0.25, -0.2) is 8.42 Å². The molecule has 0 amide bonds. The molecule has 5 nitrogen and oxygen atoms in total. The Morgan fingerprint density at radius 2 is 1.96 bits per heavy atom. The van der Waals surface area contributed by atoms with E-state index < -0.39 is 10.0 Å². The predicted molar refractivity (Wildman–Crippen MR) is 107 cm³/mol. The zero-order chi connectivity index (χ0) is 18.7. The van der Waals surface area contributed by atoms with E-state index in [9.17, 15) is 8.42 Å². The van der Waals surface area contributed by atoms with Gasteiger partial charge < -0.3 is 9.47 Å². The molecule has 0 saturated carbocycles. The third-order valence-corrected chi connectivity index (χ3v) is 7.94. The molecule has 0 N–H and O–H groups in total. The van der Waals surface area contributed by atoms with Crippen LogP contribution in [0, 0.1) is 0 Å². The normalized spacial score (nSPS) is 18.0. The summed E-state index contributed by atoms with van der Waals surface area (Å²) in [6.45, 7) is 2.92. The molecule has 0 spiro atoms. The molecule has 1 atom stereocenters. The van der Waals surface area contributed by atoms with Crippen molar-refractivity contribution >= 4 is 37.7 Å². The number of rotatable bonds is 6. The summed E-state index contributed by atoms with van der Waals surface area (Å²) in [6.07, 6.45) is 0. The highest BCUT2D eigenvalue weighted by atomic mass is 79.9. The van der Waals surface area contributed by atoms with E-state index in [-0.39, 0.29) is 10.3 Å². The minimum atomic E-state index is -3.59. The molecule has 1 aliphatic heterocycles. The topological polar surface area (TPSA) is 55.8 Å². The van der Waals surface area contributed by atoms with E-state index in [1.165, 1.54) is 0 Å². The minimum Gasteiger partial charge on any atom is -0.496 e. The van der Waals surface area contributed by atoms with Crippen molar-refractivity contribution in [2.24, 2.45) is 0 Å². The molecule has 3 rings (SSSR count). The summed E-state index contributed by atoms with van der Waals surface area (Å²) in [7, 11) is -1.98. The van der Waals surface area contributed by atoms with Crippen molar-refractivity contribution in [3.8, 4) is 11.5 Å². The van der Waals surface area contributed by atoms with Gasteiger partial charge in [0.1, 0.15) is 11.5 Å². The fourth-order valence-electron chi connectivity index (χ4n) is 2.81. The third kappa shape index (κ3) is 3.88. The van der Waals surface area contributed by atoms with Gasteiger partial charge in [-0.05, 0) is 64.8 Å². The van der Waals surface area contributed by atoms with Gasteiger partial charge >= 0.3 is 0 Å². The molecule has 140 valence electrons. The molecule has 1 unspecified atom stereocenters. The van der Waals surface area contributed by atoms with Gasteiger partial charge in [-0.15, -0.1) is 11.8 Å². The number of benzene rings is 2. The van der Waals surface area contributed by atoms with Gasteiger partial charge in [0.2, 0.25) is 10.0 Å². The molecule has 1 aliphatic rings. The van der Waals surface area contributed by atoms with Gasteiger partial charge in [0.05, 0.1) is 28.5 Å². The van der Waals surface area contributed by atoms with E-state index >= 15 is 0 Å². The van der Waals surface area contributed by atoms with Crippen LogP contribution >= 0.6 is 27.7 Å². The molecule has 2 aromatic rings. The maximum Gasteiger partial charge on any atom is 0.244 e. The van der Waals surface area contributed by atoms with Crippen LogP contribution in [0.4, 0.5) is 0 Å². The molecule has 0 aromatic heterocycles. The molecular weight excluding hydrogens is 438 g/mol. The maximum absolute atomic E-state index is 13.1. The summed E-state index contributed by atoms with van der Waals surface area (Å²) in [6, 6.07) is 12.3. The fraction of sp³-hybridized carbons (Fsp3) is 0.333. The van der Waals surface area contributed by atoms with Crippen molar-refractivity contribution < 1.29 is 17.9 Å². The molecule has 8 heteroatoms. The minimum absolute atomic E-state index is 0.256. The van der Waals surface area contributed by atoms with E-state index in [0.29, 0.717) is 18.9 Å². The average Bonchev–Trinajstić information content (AvgIpc) is 3.13. The lowest BCUT2D eigenvalue weighted by atomic mass is 10.2. The summed E-state index contributed by atoms with van der Waals surface area (Å²) >= 11 is 5.10. The molecule has 26 heavy (non-hydrogen) atoms. The van der Waals surface area contributed by atoms with Crippen LogP contribution in [0.15, 0.2) is 51.8 Å². The van der Waals surface area contributed by atoms with E-state index in [1.807, 2.05) is 25.1 Å². The second kappa shape index (κ2) is 8.21. The van der Waals surface area contributed by atoms with Gasteiger partial charge in [-0.1, -0.05) is 6.07 Å². The van der Waals surface area contributed by atoms with E-state index in [4.69, 9.17) is 9.47 Å². The fourth-order valence-corrected chi connectivity index (χ4v) is 6.60. The number of nitrogens with zero attached hydrogens (tertiary/aromatic N) is 1. The molecule has 1 saturated heterocycles. The lowest BCUT2D eigenvalue weighted by Gasteiger charge is -2.24. The lowest BCUT2D eigenvalue weighted by molar-refractivity contribution is 0.340. The Labute approximate surface area is 166 Å². The maximum atomic E-state index is 13.1. The standard InChI is InChI=1S/C18H20BrNO4S2/c1-3-24-14-5-7-15(8-6-14)26(21,22)20-10-11-25-18(20)13-4-9-17(23-2)16(19)12-13/h4-9,12,18H,3,10-11H2,1-2H3. The van der Waals surface area contributed by atoms with E-state index in [0.717, 1.165) is 21.5 Å². The molecule has 0 bridgehead atoms. The van der Waals surface area contributed by atoms with Crippen LogP contribution in [-0.2, 0) is 10.0 Å². The van der Waals surface area contributed by atoms with Crippen molar-refractivity contribution in [2.75, 3.05) is 26.0 Å². The second-order valence-corrected chi connectivity index (χ2v) is 9.57. The summed E-state index contributed by atoms with van der Waals surface area (Å²) in [4.78, 5) is 0.279. The lowest BCUT2D eigenvalue weighted by Crippen LogP contribution is -2.30. The van der Waals surface area contributed by atoms with Crippen LogP contribution in [0.25, 0.3) is 0 Å². The molecule has 1 heterocycles. The molecule has 1 fully saturated rings. The van der Waals surface area contributed by atoms with Crippen molar-refractivity contribution in [1.29, 1.82) is 0 Å². The van der Waals surface area contributed by atoms with Crippen LogP contribution < -0.4 is 9.47 Å². The number of hydrogen-bond donors (Lipinski definition) is 0. The number of sulfonamides is 1. The highest BCUT2D eigenvalue weighted by Crippen LogP contribution is 2.43. The van der Waals surface area contributed by atoms with Crippen LogP contribution in [0.5, 0.6) is 11.5 Å². The predicted octanol–water partition coefficient (Wildman–Crippen LogP) is 4.29.